The van der Waals surface area contributed by atoms with Crippen molar-refractivity contribution in [2.24, 2.45) is 0 Å². The number of piperazine rings is 1. The molecule has 0 spiro atoms. The first-order valence-electron chi connectivity index (χ1n) is 11.3. The van der Waals surface area contributed by atoms with Crippen molar-refractivity contribution in [2.75, 3.05) is 55.6 Å². The minimum Gasteiger partial charge on any atom is -0.370 e. The van der Waals surface area contributed by atoms with Gasteiger partial charge >= 0.3 is 0 Å². The second-order valence-electron chi connectivity index (χ2n) is 8.61. The van der Waals surface area contributed by atoms with Gasteiger partial charge in [-0.25, -0.2) is 0 Å². The van der Waals surface area contributed by atoms with Gasteiger partial charge in [0.25, 0.3) is 0 Å². The summed E-state index contributed by atoms with van der Waals surface area (Å²) in [7, 11) is 0. The fraction of sp³-hybridized carbons (Fsp3) is 0.400. The van der Waals surface area contributed by atoms with Crippen molar-refractivity contribution < 1.29 is 4.74 Å². The van der Waals surface area contributed by atoms with Crippen LogP contribution < -0.4 is 9.80 Å². The molecule has 7 nitrogen and oxygen atoms in total. The van der Waals surface area contributed by atoms with E-state index in [4.69, 9.17) is 4.74 Å². The molecule has 4 heterocycles. The number of benzene rings is 1. The predicted molar refractivity (Wildman–Crippen MR) is 126 cm³/mol. The number of anilines is 2. The second kappa shape index (κ2) is 9.11. The molecule has 2 saturated heterocycles. The third-order valence-corrected chi connectivity index (χ3v) is 6.40. The number of ether oxygens (including phenoxy) is 1. The highest BCUT2D eigenvalue weighted by Gasteiger charge is 2.29. The van der Waals surface area contributed by atoms with Gasteiger partial charge in [-0.1, -0.05) is 0 Å². The zero-order valence-corrected chi connectivity index (χ0v) is 18.4. The Morgan fingerprint density at radius 3 is 2.59 bits per heavy atom. The minimum absolute atomic E-state index is 0.147. The van der Waals surface area contributed by atoms with E-state index in [0.717, 1.165) is 62.4 Å². The topological polar surface area (TPSA) is 68.5 Å². The van der Waals surface area contributed by atoms with E-state index in [-0.39, 0.29) is 12.2 Å². The van der Waals surface area contributed by atoms with Crippen LogP contribution >= 0.6 is 0 Å². The van der Waals surface area contributed by atoms with E-state index >= 15 is 0 Å². The van der Waals surface area contributed by atoms with Gasteiger partial charge in [0.2, 0.25) is 0 Å². The zero-order chi connectivity index (χ0) is 21.9. The van der Waals surface area contributed by atoms with Crippen LogP contribution in [0.4, 0.5) is 11.4 Å². The number of morpholine rings is 1. The Kier molecular flexibility index (Phi) is 5.89. The van der Waals surface area contributed by atoms with Crippen molar-refractivity contribution in [2.45, 2.75) is 19.1 Å². The quantitative estimate of drug-likeness (QED) is 0.633. The third-order valence-electron chi connectivity index (χ3n) is 6.40. The van der Waals surface area contributed by atoms with Crippen molar-refractivity contribution in [3.05, 3.63) is 60.6 Å². The van der Waals surface area contributed by atoms with Crippen LogP contribution in [0.5, 0.6) is 0 Å². The molecule has 0 saturated carbocycles. The summed E-state index contributed by atoms with van der Waals surface area (Å²) in [4.78, 5) is 15.9. The molecule has 0 amide bonds. The highest BCUT2D eigenvalue weighted by Crippen LogP contribution is 2.30. The Hall–Kier alpha value is -3.21. The van der Waals surface area contributed by atoms with E-state index < -0.39 is 0 Å². The van der Waals surface area contributed by atoms with Crippen molar-refractivity contribution in [1.29, 1.82) is 5.26 Å². The Morgan fingerprint density at radius 2 is 1.81 bits per heavy atom. The lowest BCUT2D eigenvalue weighted by Crippen LogP contribution is -2.54. The molecule has 2 aliphatic rings. The summed E-state index contributed by atoms with van der Waals surface area (Å²) in [5.74, 6) is 0. The molecule has 2 fully saturated rings. The smallest absolute Gasteiger partial charge is 0.101 e. The summed E-state index contributed by atoms with van der Waals surface area (Å²) in [6.45, 7) is 8.83. The summed E-state index contributed by atoms with van der Waals surface area (Å²) < 4.78 is 6.34. The first kappa shape index (κ1) is 20.7. The number of nitrogens with zero attached hydrogens (tertiary/aromatic N) is 6. The molecule has 1 aromatic carbocycles. The van der Waals surface area contributed by atoms with Crippen LogP contribution in [0.2, 0.25) is 0 Å². The number of fused-ring (bicyclic) bond motifs is 1. The predicted octanol–water partition coefficient (Wildman–Crippen LogP) is 2.92. The number of pyridine rings is 2. The summed E-state index contributed by atoms with van der Waals surface area (Å²) in [6.07, 6.45) is 5.76. The fourth-order valence-corrected chi connectivity index (χ4v) is 4.90. The van der Waals surface area contributed by atoms with Crippen LogP contribution in [0.1, 0.15) is 12.5 Å². The molecule has 2 aromatic heterocycles. The average Bonchev–Trinajstić information content (AvgIpc) is 2.84. The maximum absolute atomic E-state index is 9.46. The molecule has 0 unspecified atom stereocenters. The molecule has 0 bridgehead atoms. The van der Waals surface area contributed by atoms with Crippen molar-refractivity contribution >= 4 is 22.3 Å². The van der Waals surface area contributed by atoms with Gasteiger partial charge in [0.05, 0.1) is 23.3 Å². The molecule has 3 aromatic rings. The van der Waals surface area contributed by atoms with Crippen molar-refractivity contribution in [3.63, 3.8) is 0 Å². The van der Waals surface area contributed by atoms with Gasteiger partial charge in [-0.3, -0.25) is 14.9 Å². The summed E-state index contributed by atoms with van der Waals surface area (Å²) >= 11 is 0. The van der Waals surface area contributed by atoms with Crippen molar-refractivity contribution in [3.8, 4) is 6.07 Å². The van der Waals surface area contributed by atoms with Gasteiger partial charge in [0.1, 0.15) is 6.07 Å². The van der Waals surface area contributed by atoms with Crippen LogP contribution in [0.25, 0.3) is 10.9 Å². The number of rotatable bonds is 4. The molecule has 0 aliphatic carbocycles. The Labute approximate surface area is 188 Å². The largest absolute Gasteiger partial charge is 0.370 e. The Morgan fingerprint density at radius 1 is 1.00 bits per heavy atom. The minimum atomic E-state index is 0.147. The lowest BCUT2D eigenvalue weighted by Gasteiger charge is -2.42. The van der Waals surface area contributed by atoms with Gasteiger partial charge in [0.15, 0.2) is 0 Å². The first-order valence-corrected chi connectivity index (χ1v) is 11.3. The second-order valence-corrected chi connectivity index (χ2v) is 8.61. The number of hydrogen-bond donors (Lipinski definition) is 0. The molecule has 5 rings (SSSR count). The van der Waals surface area contributed by atoms with E-state index in [1.165, 1.54) is 5.69 Å². The van der Waals surface area contributed by atoms with Crippen LogP contribution in [0.15, 0.2) is 55.0 Å². The molecule has 2 atom stereocenters. The molecule has 2 aliphatic heterocycles. The lowest BCUT2D eigenvalue weighted by molar-refractivity contribution is -0.0327. The third kappa shape index (κ3) is 4.24. The number of aromatic nitrogens is 2. The van der Waals surface area contributed by atoms with Gasteiger partial charge < -0.3 is 14.5 Å². The molecule has 7 heteroatoms. The molecule has 0 radical (unpaired) electrons. The standard InChI is InChI=1S/C25H28N6O/c1-19-16-31(24-5-4-20(15-26)25-23(24)3-2-8-28-25)18-22(32-19)17-29-11-13-30(14-12-29)21-6-9-27-10-7-21/h2-10,19,22H,11-14,16-18H2,1H3/t19-,22-/m1/s1. The molecular weight excluding hydrogens is 400 g/mol. The van der Waals surface area contributed by atoms with Crippen LogP contribution in [-0.4, -0.2) is 72.9 Å². The summed E-state index contributed by atoms with van der Waals surface area (Å²) in [5, 5.41) is 10.5. The van der Waals surface area contributed by atoms with E-state index in [1.807, 2.05) is 24.5 Å². The average molecular weight is 429 g/mol. The van der Waals surface area contributed by atoms with Crippen LogP contribution in [0, 0.1) is 11.3 Å². The Balaban J connectivity index is 1.27. The molecule has 32 heavy (non-hydrogen) atoms. The normalized spacial score (nSPS) is 22.1. The molecular formula is C25H28N6O. The van der Waals surface area contributed by atoms with Gasteiger partial charge in [-0.15, -0.1) is 0 Å². The van der Waals surface area contributed by atoms with Crippen LogP contribution in [-0.2, 0) is 4.74 Å². The van der Waals surface area contributed by atoms with E-state index in [9.17, 15) is 5.26 Å². The van der Waals surface area contributed by atoms with Gasteiger partial charge in [0, 0.05) is 81.2 Å². The van der Waals surface area contributed by atoms with Gasteiger partial charge in [-0.2, -0.15) is 5.26 Å². The van der Waals surface area contributed by atoms with Crippen LogP contribution in [0.3, 0.4) is 0 Å². The van der Waals surface area contributed by atoms with E-state index in [0.29, 0.717) is 5.56 Å². The summed E-state index contributed by atoms with van der Waals surface area (Å²) in [5.41, 5.74) is 3.77. The number of hydrogen-bond acceptors (Lipinski definition) is 7. The zero-order valence-electron chi connectivity index (χ0n) is 18.4. The van der Waals surface area contributed by atoms with Gasteiger partial charge in [-0.05, 0) is 43.3 Å². The monoisotopic (exact) mass is 428 g/mol. The SMILES string of the molecule is C[C@@H]1CN(c2ccc(C#N)c3ncccc23)C[C@@H](CN2CCN(c3ccncc3)CC2)O1. The van der Waals surface area contributed by atoms with Crippen molar-refractivity contribution in [1.82, 2.24) is 14.9 Å². The Bertz CT molecular complexity index is 1110. The maximum atomic E-state index is 9.46. The molecule has 164 valence electrons. The lowest BCUT2D eigenvalue weighted by atomic mass is 10.1. The molecule has 0 N–H and O–H groups in total. The highest BCUT2D eigenvalue weighted by molar-refractivity contribution is 5.95. The van der Waals surface area contributed by atoms with E-state index in [2.05, 4.69) is 61.9 Å². The maximum Gasteiger partial charge on any atom is 0.101 e. The first-order chi connectivity index (χ1) is 15.7. The summed E-state index contributed by atoms with van der Waals surface area (Å²) in [6, 6.07) is 14.4. The highest BCUT2D eigenvalue weighted by atomic mass is 16.5. The fourth-order valence-electron chi connectivity index (χ4n) is 4.90. The number of nitriles is 1. The van der Waals surface area contributed by atoms with E-state index in [1.54, 1.807) is 6.20 Å².